The summed E-state index contributed by atoms with van der Waals surface area (Å²) in [5.41, 5.74) is 0. The van der Waals surface area contributed by atoms with Crippen LogP contribution in [0.15, 0.2) is 23.1 Å². The molecule has 0 aliphatic carbocycles. The van der Waals surface area contributed by atoms with Gasteiger partial charge >= 0.3 is 5.97 Å². The summed E-state index contributed by atoms with van der Waals surface area (Å²) in [7, 11) is 1.53. The highest BCUT2D eigenvalue weighted by molar-refractivity contribution is 7.99. The number of hydrogen-bond acceptors (Lipinski definition) is 3. The third-order valence-corrected chi connectivity index (χ3v) is 3.04. The number of likely N-dealkylation sites (N-methyl/N-ethyl adjacent to an activating group) is 1. The molecule has 1 aromatic rings. The van der Waals surface area contributed by atoms with Crippen molar-refractivity contribution in [2.75, 3.05) is 12.8 Å². The van der Waals surface area contributed by atoms with Crippen molar-refractivity contribution in [2.24, 2.45) is 0 Å². The molecule has 0 spiro atoms. The molecule has 0 radical (unpaired) electrons. The Hall–Kier alpha value is -1.14. The Kier molecular flexibility index (Phi) is 4.70. The van der Waals surface area contributed by atoms with Crippen LogP contribution < -0.4 is 5.32 Å². The number of benzene rings is 1. The van der Waals surface area contributed by atoms with Crippen LogP contribution in [-0.4, -0.2) is 29.9 Å². The Morgan fingerprint density at radius 1 is 1.50 bits per heavy atom. The van der Waals surface area contributed by atoms with Gasteiger partial charge in [0.1, 0.15) is 6.04 Å². The van der Waals surface area contributed by atoms with Crippen LogP contribution >= 0.6 is 11.8 Å². The zero-order valence-electron chi connectivity index (χ0n) is 8.54. The van der Waals surface area contributed by atoms with E-state index in [-0.39, 0.29) is 5.75 Å². The quantitative estimate of drug-likeness (QED) is 0.778. The number of carboxylic acid groups (broad SMARTS) is 1. The van der Waals surface area contributed by atoms with Crippen LogP contribution in [0.4, 0.5) is 8.78 Å². The van der Waals surface area contributed by atoms with Gasteiger partial charge in [0.15, 0.2) is 11.6 Å². The van der Waals surface area contributed by atoms with E-state index in [4.69, 9.17) is 5.11 Å². The summed E-state index contributed by atoms with van der Waals surface area (Å²) in [5.74, 6) is -2.57. The van der Waals surface area contributed by atoms with E-state index in [9.17, 15) is 13.6 Å². The Balaban J connectivity index is 2.60. The van der Waals surface area contributed by atoms with Crippen LogP contribution in [0, 0.1) is 11.6 Å². The van der Waals surface area contributed by atoms with Gasteiger partial charge in [-0.3, -0.25) is 4.79 Å². The molecule has 3 nitrogen and oxygen atoms in total. The van der Waals surface area contributed by atoms with Crippen molar-refractivity contribution in [1.82, 2.24) is 5.32 Å². The molecule has 0 saturated carbocycles. The summed E-state index contributed by atoms with van der Waals surface area (Å²) in [4.78, 5) is 11.2. The van der Waals surface area contributed by atoms with Crippen molar-refractivity contribution in [3.8, 4) is 0 Å². The van der Waals surface area contributed by atoms with Gasteiger partial charge in [-0.2, -0.15) is 0 Å². The molecule has 1 unspecified atom stereocenters. The lowest BCUT2D eigenvalue weighted by molar-refractivity contribution is -0.138. The molecule has 0 aliphatic rings. The molecule has 88 valence electrons. The van der Waals surface area contributed by atoms with E-state index in [1.54, 1.807) is 0 Å². The fourth-order valence-corrected chi connectivity index (χ4v) is 2.04. The number of carboxylic acids is 1. The van der Waals surface area contributed by atoms with Crippen molar-refractivity contribution >= 4 is 17.7 Å². The maximum absolute atomic E-state index is 12.8. The summed E-state index contributed by atoms with van der Waals surface area (Å²) in [6.45, 7) is 0. The molecule has 1 aromatic carbocycles. The van der Waals surface area contributed by atoms with E-state index in [0.717, 1.165) is 23.9 Å². The van der Waals surface area contributed by atoms with Gasteiger partial charge in [0.05, 0.1) is 0 Å². The highest BCUT2D eigenvalue weighted by Gasteiger charge is 2.15. The molecule has 0 fully saturated rings. The van der Waals surface area contributed by atoms with E-state index in [0.29, 0.717) is 4.90 Å². The van der Waals surface area contributed by atoms with E-state index in [1.165, 1.54) is 13.1 Å². The van der Waals surface area contributed by atoms with Gasteiger partial charge in [-0.25, -0.2) is 8.78 Å². The van der Waals surface area contributed by atoms with Crippen LogP contribution in [-0.2, 0) is 4.79 Å². The van der Waals surface area contributed by atoms with Gasteiger partial charge in [0.25, 0.3) is 0 Å². The summed E-state index contributed by atoms with van der Waals surface area (Å²) >= 11 is 1.15. The van der Waals surface area contributed by atoms with Crippen molar-refractivity contribution in [3.63, 3.8) is 0 Å². The van der Waals surface area contributed by atoms with Crippen LogP contribution in [0.25, 0.3) is 0 Å². The van der Waals surface area contributed by atoms with Gasteiger partial charge in [0.2, 0.25) is 0 Å². The van der Waals surface area contributed by atoms with Gasteiger partial charge in [-0.15, -0.1) is 11.8 Å². The summed E-state index contributed by atoms with van der Waals surface area (Å²) in [6, 6.07) is 2.78. The van der Waals surface area contributed by atoms with Gasteiger partial charge in [-0.05, 0) is 25.2 Å². The van der Waals surface area contributed by atoms with Crippen LogP contribution in [0.2, 0.25) is 0 Å². The van der Waals surface area contributed by atoms with Crippen molar-refractivity contribution in [3.05, 3.63) is 29.8 Å². The minimum absolute atomic E-state index is 0.247. The lowest BCUT2D eigenvalue weighted by Crippen LogP contribution is -2.35. The molecule has 2 N–H and O–H groups in total. The van der Waals surface area contributed by atoms with Crippen LogP contribution in [0.5, 0.6) is 0 Å². The van der Waals surface area contributed by atoms with Crippen molar-refractivity contribution < 1.29 is 18.7 Å². The first-order valence-corrected chi connectivity index (χ1v) is 5.51. The molecule has 6 heteroatoms. The Morgan fingerprint density at radius 2 is 2.19 bits per heavy atom. The van der Waals surface area contributed by atoms with E-state index in [1.807, 2.05) is 0 Å². The fourth-order valence-electron chi connectivity index (χ4n) is 1.02. The SMILES string of the molecule is CNC(CSc1ccc(F)c(F)c1)C(=O)O. The lowest BCUT2D eigenvalue weighted by atomic mass is 10.3. The molecule has 0 aromatic heterocycles. The first kappa shape index (κ1) is 12.9. The number of aliphatic carboxylic acids is 1. The van der Waals surface area contributed by atoms with Gasteiger partial charge in [-0.1, -0.05) is 0 Å². The standard InChI is InChI=1S/C10H11F2NO2S/c1-13-9(10(14)15)5-16-6-2-3-7(11)8(12)4-6/h2-4,9,13H,5H2,1H3,(H,14,15). The summed E-state index contributed by atoms with van der Waals surface area (Å²) in [6.07, 6.45) is 0. The van der Waals surface area contributed by atoms with Crippen LogP contribution in [0.1, 0.15) is 0 Å². The predicted molar refractivity (Wildman–Crippen MR) is 57.6 cm³/mol. The van der Waals surface area contributed by atoms with Crippen molar-refractivity contribution in [2.45, 2.75) is 10.9 Å². The van der Waals surface area contributed by atoms with Crippen molar-refractivity contribution in [1.29, 1.82) is 0 Å². The molecule has 1 atom stereocenters. The molecule has 0 heterocycles. The maximum atomic E-state index is 12.8. The van der Waals surface area contributed by atoms with Crippen LogP contribution in [0.3, 0.4) is 0 Å². The smallest absolute Gasteiger partial charge is 0.321 e. The first-order chi connectivity index (χ1) is 7.54. The zero-order valence-corrected chi connectivity index (χ0v) is 9.35. The molecular weight excluding hydrogens is 236 g/mol. The summed E-state index contributed by atoms with van der Waals surface area (Å²) < 4.78 is 25.4. The second kappa shape index (κ2) is 5.81. The number of carbonyl (C=O) groups is 1. The third kappa shape index (κ3) is 3.46. The number of thioether (sulfide) groups is 1. The number of hydrogen-bond donors (Lipinski definition) is 2. The number of rotatable bonds is 5. The average molecular weight is 247 g/mol. The molecular formula is C10H11F2NO2S. The molecule has 0 aliphatic heterocycles. The first-order valence-electron chi connectivity index (χ1n) is 4.52. The lowest BCUT2D eigenvalue weighted by Gasteiger charge is -2.10. The number of halogens is 2. The summed E-state index contributed by atoms with van der Waals surface area (Å²) in [5, 5.41) is 11.3. The second-order valence-corrected chi connectivity index (χ2v) is 4.16. The molecule has 0 saturated heterocycles. The highest BCUT2D eigenvalue weighted by Crippen LogP contribution is 2.21. The number of nitrogens with one attached hydrogen (secondary N) is 1. The normalized spacial score (nSPS) is 12.4. The largest absolute Gasteiger partial charge is 0.480 e. The Bertz CT molecular complexity index is 387. The van der Waals surface area contributed by atoms with E-state index >= 15 is 0 Å². The maximum Gasteiger partial charge on any atom is 0.321 e. The van der Waals surface area contributed by atoms with Gasteiger partial charge < -0.3 is 10.4 Å². The topological polar surface area (TPSA) is 49.3 Å². The predicted octanol–water partition coefficient (Wildman–Crippen LogP) is 1.73. The van der Waals surface area contributed by atoms with E-state index in [2.05, 4.69) is 5.32 Å². The monoisotopic (exact) mass is 247 g/mol. The molecule has 0 amide bonds. The zero-order chi connectivity index (χ0) is 12.1. The third-order valence-electron chi connectivity index (χ3n) is 1.95. The second-order valence-electron chi connectivity index (χ2n) is 3.07. The molecule has 16 heavy (non-hydrogen) atoms. The van der Waals surface area contributed by atoms with E-state index < -0.39 is 23.6 Å². The fraction of sp³-hybridized carbons (Fsp3) is 0.300. The van der Waals surface area contributed by atoms with Gasteiger partial charge in [0, 0.05) is 10.6 Å². The Morgan fingerprint density at radius 3 is 2.69 bits per heavy atom. The average Bonchev–Trinajstić information content (AvgIpc) is 2.23. The minimum atomic E-state index is -0.974. The Labute approximate surface area is 95.9 Å². The minimum Gasteiger partial charge on any atom is -0.480 e. The molecule has 1 rings (SSSR count). The molecule has 0 bridgehead atoms. The highest BCUT2D eigenvalue weighted by atomic mass is 32.2.